The van der Waals surface area contributed by atoms with Crippen molar-refractivity contribution in [2.45, 2.75) is 20.8 Å². The largest absolute Gasteiger partial charge is 0.320 e. The van der Waals surface area contributed by atoms with Gasteiger partial charge in [0.1, 0.15) is 0 Å². The molecule has 28 heavy (non-hydrogen) atoms. The summed E-state index contributed by atoms with van der Waals surface area (Å²) in [4.78, 5) is 17.2. The molecule has 0 unspecified atom stereocenters. The molecule has 3 heterocycles. The van der Waals surface area contributed by atoms with Crippen LogP contribution in [0.2, 0.25) is 0 Å². The predicted molar refractivity (Wildman–Crippen MR) is 109 cm³/mol. The first-order valence-corrected chi connectivity index (χ1v) is 9.59. The normalized spacial score (nSPS) is 10.8. The second-order valence-electron chi connectivity index (χ2n) is 6.37. The molecule has 0 fully saturated rings. The number of aromatic nitrogens is 5. The molecule has 0 aliphatic heterocycles. The quantitative estimate of drug-likeness (QED) is 0.570. The molecule has 0 radical (unpaired) electrons. The first-order chi connectivity index (χ1) is 13.5. The number of nitrogens with zero attached hydrogens (tertiary/aromatic N) is 5. The van der Waals surface area contributed by atoms with E-state index >= 15 is 0 Å². The van der Waals surface area contributed by atoms with E-state index in [0.717, 1.165) is 27.7 Å². The molecule has 3 aromatic heterocycles. The van der Waals surface area contributed by atoms with Gasteiger partial charge in [0, 0.05) is 16.6 Å². The van der Waals surface area contributed by atoms with Gasteiger partial charge in [-0.2, -0.15) is 5.10 Å². The fourth-order valence-electron chi connectivity index (χ4n) is 2.91. The zero-order valence-electron chi connectivity index (χ0n) is 15.7. The molecule has 0 spiro atoms. The Hall–Kier alpha value is -3.39. The van der Waals surface area contributed by atoms with Crippen molar-refractivity contribution < 1.29 is 4.79 Å². The number of benzene rings is 1. The highest BCUT2D eigenvalue weighted by atomic mass is 32.1. The van der Waals surface area contributed by atoms with Crippen LogP contribution in [0, 0.1) is 20.8 Å². The van der Waals surface area contributed by atoms with Gasteiger partial charge in [-0.05, 0) is 45.0 Å². The van der Waals surface area contributed by atoms with E-state index in [2.05, 4.69) is 25.6 Å². The minimum atomic E-state index is -0.327. The Bertz CT molecular complexity index is 1150. The van der Waals surface area contributed by atoms with Crippen molar-refractivity contribution in [3.05, 3.63) is 69.9 Å². The van der Waals surface area contributed by atoms with Crippen LogP contribution in [0.3, 0.4) is 0 Å². The molecule has 140 valence electrons. The lowest BCUT2D eigenvalue weighted by Crippen LogP contribution is -2.16. The second-order valence-corrected chi connectivity index (χ2v) is 7.43. The second kappa shape index (κ2) is 7.32. The van der Waals surface area contributed by atoms with Gasteiger partial charge < -0.3 is 5.32 Å². The lowest BCUT2D eigenvalue weighted by molar-refractivity contribution is 0.102. The van der Waals surface area contributed by atoms with E-state index in [0.29, 0.717) is 11.5 Å². The van der Waals surface area contributed by atoms with Crippen LogP contribution in [0.4, 0.5) is 5.69 Å². The van der Waals surface area contributed by atoms with Crippen molar-refractivity contribution in [3.8, 4) is 17.1 Å². The van der Waals surface area contributed by atoms with Gasteiger partial charge in [0.2, 0.25) is 0 Å². The van der Waals surface area contributed by atoms with E-state index < -0.39 is 0 Å². The summed E-state index contributed by atoms with van der Waals surface area (Å²) >= 11 is 1.57. The Morgan fingerprint density at radius 2 is 1.89 bits per heavy atom. The van der Waals surface area contributed by atoms with Gasteiger partial charge in [0.25, 0.3) is 5.91 Å². The fourth-order valence-corrected chi connectivity index (χ4v) is 3.52. The van der Waals surface area contributed by atoms with Gasteiger partial charge in [-0.1, -0.05) is 18.2 Å². The molecule has 1 N–H and O–H groups in total. The molecule has 4 aromatic rings. The Balaban J connectivity index is 1.57. The van der Waals surface area contributed by atoms with Gasteiger partial charge in [0.15, 0.2) is 11.5 Å². The number of para-hydroxylation sites is 1. The maximum absolute atomic E-state index is 12.7. The molecule has 0 aliphatic carbocycles. The average molecular weight is 390 g/mol. The van der Waals surface area contributed by atoms with Crippen LogP contribution in [0.15, 0.2) is 47.8 Å². The summed E-state index contributed by atoms with van der Waals surface area (Å²) in [6, 6.07) is 12.9. The number of anilines is 1. The molecule has 1 amide bonds. The van der Waals surface area contributed by atoms with Crippen molar-refractivity contribution >= 4 is 22.9 Å². The van der Waals surface area contributed by atoms with E-state index in [1.54, 1.807) is 28.2 Å². The first kappa shape index (κ1) is 18.0. The molecule has 0 atom stereocenters. The zero-order valence-corrected chi connectivity index (χ0v) is 16.5. The third-order valence-corrected chi connectivity index (χ3v) is 4.95. The van der Waals surface area contributed by atoms with Crippen LogP contribution in [-0.4, -0.2) is 30.9 Å². The van der Waals surface area contributed by atoms with Gasteiger partial charge in [-0.25, -0.2) is 9.67 Å². The highest BCUT2D eigenvalue weighted by Crippen LogP contribution is 2.29. The summed E-state index contributed by atoms with van der Waals surface area (Å²) in [5.74, 6) is 0.243. The Morgan fingerprint density at radius 3 is 2.54 bits per heavy atom. The van der Waals surface area contributed by atoms with E-state index in [9.17, 15) is 4.79 Å². The van der Waals surface area contributed by atoms with Crippen LogP contribution in [0.1, 0.15) is 26.9 Å². The maximum atomic E-state index is 12.7. The number of hydrogen-bond donors (Lipinski definition) is 1. The van der Waals surface area contributed by atoms with Crippen LogP contribution in [0.5, 0.6) is 0 Å². The monoisotopic (exact) mass is 390 g/mol. The van der Waals surface area contributed by atoms with Crippen molar-refractivity contribution in [3.63, 3.8) is 0 Å². The standard InChI is InChI=1S/C20H18N6OS/c1-12-10-13(2)26(25-12)19-9-8-17(23-24-19)20(27)22-16-7-5-4-6-15(16)18-11-28-14(3)21-18/h4-11H,1-3H3,(H,22,27). The van der Waals surface area contributed by atoms with Crippen LogP contribution >= 0.6 is 11.3 Å². The predicted octanol–water partition coefficient (Wildman–Crippen LogP) is 3.96. The zero-order chi connectivity index (χ0) is 19.7. The van der Waals surface area contributed by atoms with Crippen molar-refractivity contribution in [2.75, 3.05) is 5.32 Å². The fraction of sp³-hybridized carbons (Fsp3) is 0.150. The number of amides is 1. The van der Waals surface area contributed by atoms with E-state index in [1.807, 2.05) is 56.5 Å². The summed E-state index contributed by atoms with van der Waals surface area (Å²) < 4.78 is 1.70. The molecule has 1 aromatic carbocycles. The molecule has 0 aliphatic rings. The Morgan fingerprint density at radius 1 is 1.07 bits per heavy atom. The van der Waals surface area contributed by atoms with Crippen LogP contribution in [0.25, 0.3) is 17.1 Å². The number of nitrogens with one attached hydrogen (secondary N) is 1. The highest BCUT2D eigenvalue weighted by Gasteiger charge is 2.14. The molecule has 0 saturated heterocycles. The molecule has 0 saturated carbocycles. The lowest BCUT2D eigenvalue weighted by Gasteiger charge is -2.09. The molecule has 8 heteroatoms. The summed E-state index contributed by atoms with van der Waals surface area (Å²) in [7, 11) is 0. The number of carbonyl (C=O) groups excluding carboxylic acids is 1. The van der Waals surface area contributed by atoms with E-state index in [4.69, 9.17) is 0 Å². The number of carbonyl (C=O) groups is 1. The summed E-state index contributed by atoms with van der Waals surface area (Å²) in [5, 5.41) is 18.5. The molecule has 7 nitrogen and oxygen atoms in total. The van der Waals surface area contributed by atoms with Crippen molar-refractivity contribution in [1.82, 2.24) is 25.0 Å². The van der Waals surface area contributed by atoms with Crippen molar-refractivity contribution in [2.24, 2.45) is 0 Å². The molecule has 4 rings (SSSR count). The summed E-state index contributed by atoms with van der Waals surface area (Å²) in [5.41, 5.74) is 4.47. The van der Waals surface area contributed by atoms with Gasteiger partial charge >= 0.3 is 0 Å². The number of rotatable bonds is 4. The molecule has 0 bridgehead atoms. The minimum Gasteiger partial charge on any atom is -0.320 e. The minimum absolute atomic E-state index is 0.231. The summed E-state index contributed by atoms with van der Waals surface area (Å²) in [6.07, 6.45) is 0. The number of thiazole rings is 1. The smallest absolute Gasteiger partial charge is 0.276 e. The van der Waals surface area contributed by atoms with Gasteiger partial charge in [0.05, 0.1) is 22.1 Å². The number of hydrogen-bond acceptors (Lipinski definition) is 6. The number of aryl methyl sites for hydroxylation is 3. The summed E-state index contributed by atoms with van der Waals surface area (Å²) in [6.45, 7) is 5.81. The Labute approximate surface area is 166 Å². The third kappa shape index (κ3) is 3.54. The van der Waals surface area contributed by atoms with Crippen molar-refractivity contribution in [1.29, 1.82) is 0 Å². The Kier molecular flexibility index (Phi) is 4.70. The van der Waals surface area contributed by atoms with Crippen LogP contribution < -0.4 is 5.32 Å². The molecular formula is C20H18N6OS. The highest BCUT2D eigenvalue weighted by molar-refractivity contribution is 7.09. The van der Waals surface area contributed by atoms with Gasteiger partial charge in [-0.3, -0.25) is 4.79 Å². The van der Waals surface area contributed by atoms with E-state index in [-0.39, 0.29) is 11.6 Å². The van der Waals surface area contributed by atoms with Crippen LogP contribution in [-0.2, 0) is 0 Å². The van der Waals surface area contributed by atoms with Gasteiger partial charge in [-0.15, -0.1) is 21.5 Å². The SMILES string of the molecule is Cc1cc(C)n(-c2ccc(C(=O)Nc3ccccc3-c3csc(C)n3)nn2)n1. The lowest BCUT2D eigenvalue weighted by atomic mass is 10.1. The third-order valence-electron chi connectivity index (χ3n) is 4.18. The first-order valence-electron chi connectivity index (χ1n) is 8.71. The molecular weight excluding hydrogens is 372 g/mol. The average Bonchev–Trinajstić information content (AvgIpc) is 3.27. The maximum Gasteiger partial charge on any atom is 0.276 e. The van der Waals surface area contributed by atoms with E-state index in [1.165, 1.54) is 0 Å². The topological polar surface area (TPSA) is 85.6 Å².